The van der Waals surface area contributed by atoms with E-state index in [0.29, 0.717) is 25.1 Å². The standard InChI is InChI=1S/C25H35N5O6/c1-16(31)29-21-14-17-8-10-19(11-9-17)36-13-4-3-7-20(24(34)35-2)30-23(33)18(15-22(21)32)6-5-12-28-25(26)27/h3-4,8-11,18,20-21H,5-7,12-15H2,1-2H3,(H,29,31)(H,30,33)(H4,26,27,28)/p+1/b4-3-/t18-,20-,21+/m1/s1. The fourth-order valence-corrected chi connectivity index (χ4v) is 3.83. The predicted octanol–water partition coefficient (Wildman–Crippen LogP) is -1.56. The Morgan fingerprint density at radius 1 is 1.17 bits per heavy atom. The number of methoxy groups -OCH3 is 1. The number of rotatable bonds is 6. The molecule has 196 valence electrons. The van der Waals surface area contributed by atoms with Crippen molar-refractivity contribution in [3.05, 3.63) is 42.0 Å². The maximum Gasteiger partial charge on any atom is 0.338 e. The van der Waals surface area contributed by atoms with Crippen LogP contribution >= 0.6 is 0 Å². The van der Waals surface area contributed by atoms with Crippen LogP contribution in [0.15, 0.2) is 36.4 Å². The van der Waals surface area contributed by atoms with Gasteiger partial charge in [-0.05, 0) is 43.4 Å². The number of nitrogens with one attached hydrogen (secondary N) is 3. The van der Waals surface area contributed by atoms with Crippen molar-refractivity contribution >= 4 is 29.5 Å². The Bertz CT molecular complexity index is 972. The van der Waals surface area contributed by atoms with Crippen LogP contribution in [0.1, 0.15) is 38.2 Å². The number of Topliss-reactive ketones (excluding diaryl/α,β-unsaturated/α-hetero) is 1. The average molecular weight is 503 g/mol. The van der Waals surface area contributed by atoms with Gasteiger partial charge < -0.3 is 20.1 Å². The molecule has 0 spiro atoms. The fourth-order valence-electron chi connectivity index (χ4n) is 3.83. The molecule has 0 saturated carbocycles. The highest BCUT2D eigenvalue weighted by atomic mass is 16.5. The van der Waals surface area contributed by atoms with Gasteiger partial charge in [0.2, 0.25) is 11.8 Å². The Hall–Kier alpha value is -3.89. The summed E-state index contributed by atoms with van der Waals surface area (Å²) in [5, 5.41) is 5.41. The minimum Gasteiger partial charge on any atom is -0.490 e. The molecule has 0 radical (unpaired) electrons. The lowest BCUT2D eigenvalue weighted by Crippen LogP contribution is -2.78. The maximum absolute atomic E-state index is 13.3. The van der Waals surface area contributed by atoms with Crippen molar-refractivity contribution in [3.8, 4) is 5.75 Å². The van der Waals surface area contributed by atoms with E-state index in [9.17, 15) is 19.2 Å². The van der Waals surface area contributed by atoms with Gasteiger partial charge in [0.25, 0.3) is 0 Å². The summed E-state index contributed by atoms with van der Waals surface area (Å²) >= 11 is 0. The van der Waals surface area contributed by atoms with E-state index in [0.717, 1.165) is 5.56 Å². The number of carbonyl (C=O) groups is 4. The quantitative estimate of drug-likeness (QED) is 0.102. The second-order valence-corrected chi connectivity index (χ2v) is 8.60. The van der Waals surface area contributed by atoms with Crippen molar-refractivity contribution in [3.63, 3.8) is 0 Å². The molecule has 2 amide bonds. The number of ether oxygens (including phenoxy) is 2. The highest BCUT2D eigenvalue weighted by molar-refractivity contribution is 5.93. The van der Waals surface area contributed by atoms with Gasteiger partial charge in [-0.2, -0.15) is 0 Å². The minimum atomic E-state index is -0.928. The first kappa shape index (κ1) is 28.3. The highest BCUT2D eigenvalue weighted by Gasteiger charge is 2.30. The van der Waals surface area contributed by atoms with E-state index in [4.69, 9.17) is 20.9 Å². The van der Waals surface area contributed by atoms with Gasteiger partial charge >= 0.3 is 11.9 Å². The maximum atomic E-state index is 13.3. The molecule has 7 N–H and O–H groups in total. The van der Waals surface area contributed by atoms with Crippen molar-refractivity contribution < 1.29 is 33.6 Å². The van der Waals surface area contributed by atoms with Crippen LogP contribution in [0.5, 0.6) is 5.75 Å². The zero-order valence-corrected chi connectivity index (χ0v) is 20.8. The van der Waals surface area contributed by atoms with Crippen molar-refractivity contribution in [2.24, 2.45) is 17.4 Å². The number of guanidine groups is 1. The Labute approximate surface area is 210 Å². The van der Waals surface area contributed by atoms with Crippen LogP contribution < -0.4 is 31.8 Å². The Morgan fingerprint density at radius 2 is 1.89 bits per heavy atom. The molecule has 2 aliphatic heterocycles. The van der Waals surface area contributed by atoms with Crippen LogP contribution in [0.4, 0.5) is 0 Å². The summed E-state index contributed by atoms with van der Waals surface area (Å²) in [6, 6.07) is 5.49. The van der Waals surface area contributed by atoms with E-state index in [1.807, 2.05) is 12.1 Å². The molecular weight excluding hydrogens is 466 g/mol. The molecule has 0 saturated heterocycles. The third-order valence-corrected chi connectivity index (χ3v) is 5.69. The Kier molecular flexibility index (Phi) is 11.4. The van der Waals surface area contributed by atoms with Gasteiger partial charge in [0.1, 0.15) is 18.4 Å². The van der Waals surface area contributed by atoms with Gasteiger partial charge in [0, 0.05) is 19.3 Å². The van der Waals surface area contributed by atoms with Gasteiger partial charge in [0.05, 0.1) is 19.7 Å². The topological polar surface area (TPSA) is 177 Å². The summed E-state index contributed by atoms with van der Waals surface area (Å²) in [6.07, 6.45) is 4.64. The summed E-state index contributed by atoms with van der Waals surface area (Å²) in [5.74, 6) is -1.75. The number of hydrogen-bond donors (Lipinski definition) is 5. The molecule has 1 aromatic carbocycles. The van der Waals surface area contributed by atoms with E-state index in [1.54, 1.807) is 24.3 Å². The summed E-state index contributed by atoms with van der Waals surface area (Å²) in [5.41, 5.74) is 11.7. The molecule has 3 atom stereocenters. The lowest BCUT2D eigenvalue weighted by molar-refractivity contribution is -0.459. The van der Waals surface area contributed by atoms with Crippen LogP contribution in [0, 0.1) is 5.92 Å². The molecule has 0 unspecified atom stereocenters. The van der Waals surface area contributed by atoms with Gasteiger partial charge in [-0.15, -0.1) is 0 Å². The van der Waals surface area contributed by atoms with Gasteiger partial charge in [-0.1, -0.05) is 24.3 Å². The SMILES string of the molecule is COC(=O)[C@H]1C/C=C\COc2ccc(cc2)C[C@H](NC(C)=O)C(=O)C[C@@H](CCC[NH+]=C(N)N)C(=O)N1. The smallest absolute Gasteiger partial charge is 0.338 e. The molecule has 3 rings (SSSR count). The largest absolute Gasteiger partial charge is 0.490 e. The van der Waals surface area contributed by atoms with E-state index in [-0.39, 0.29) is 43.5 Å². The minimum absolute atomic E-state index is 0.0581. The number of carbonyl (C=O) groups excluding carboxylic acids is 4. The van der Waals surface area contributed by atoms with Crippen LogP contribution in [-0.4, -0.2) is 61.9 Å². The normalized spacial score (nSPS) is 21.9. The lowest BCUT2D eigenvalue weighted by Gasteiger charge is -2.23. The first-order valence-corrected chi connectivity index (χ1v) is 11.9. The number of amides is 2. The molecule has 2 heterocycles. The third-order valence-electron chi connectivity index (χ3n) is 5.69. The summed E-state index contributed by atoms with van der Waals surface area (Å²) < 4.78 is 10.5. The van der Waals surface area contributed by atoms with Crippen LogP contribution in [0.2, 0.25) is 0 Å². The van der Waals surface area contributed by atoms with Crippen molar-refractivity contribution in [2.75, 3.05) is 20.3 Å². The first-order valence-electron chi connectivity index (χ1n) is 11.9. The van der Waals surface area contributed by atoms with E-state index in [2.05, 4.69) is 15.6 Å². The van der Waals surface area contributed by atoms with Gasteiger partial charge in [-0.3, -0.25) is 30.8 Å². The van der Waals surface area contributed by atoms with E-state index >= 15 is 0 Å². The number of benzene rings is 1. The monoisotopic (exact) mass is 502 g/mol. The summed E-state index contributed by atoms with van der Waals surface area (Å²) in [7, 11) is 1.24. The second-order valence-electron chi connectivity index (χ2n) is 8.60. The second kappa shape index (κ2) is 14.5. The van der Waals surface area contributed by atoms with E-state index < -0.39 is 29.9 Å². The molecular formula is C25H36N5O6+. The highest BCUT2D eigenvalue weighted by Crippen LogP contribution is 2.18. The average Bonchev–Trinajstić information content (AvgIpc) is 2.84. The zero-order chi connectivity index (χ0) is 26.5. The van der Waals surface area contributed by atoms with Crippen LogP contribution in [0.3, 0.4) is 0 Å². The van der Waals surface area contributed by atoms with Crippen LogP contribution in [0.25, 0.3) is 0 Å². The van der Waals surface area contributed by atoms with Crippen molar-refractivity contribution in [1.82, 2.24) is 10.6 Å². The summed E-state index contributed by atoms with van der Waals surface area (Å²) in [6.45, 7) is 2.01. The first-order chi connectivity index (χ1) is 17.2. The molecule has 0 aliphatic carbocycles. The summed E-state index contributed by atoms with van der Waals surface area (Å²) in [4.78, 5) is 53.4. The number of esters is 1. The van der Waals surface area contributed by atoms with Crippen molar-refractivity contribution in [2.45, 2.75) is 51.1 Å². The molecule has 36 heavy (non-hydrogen) atoms. The molecule has 0 aromatic heterocycles. The molecule has 2 bridgehead atoms. The zero-order valence-electron chi connectivity index (χ0n) is 20.8. The Morgan fingerprint density at radius 3 is 2.53 bits per heavy atom. The third kappa shape index (κ3) is 9.77. The number of ketones is 1. The van der Waals surface area contributed by atoms with Gasteiger partial charge in [-0.25, -0.2) is 4.79 Å². The number of nitrogens with two attached hydrogens (primary N) is 2. The van der Waals surface area contributed by atoms with E-state index in [1.165, 1.54) is 14.0 Å². The van der Waals surface area contributed by atoms with Gasteiger partial charge in [0.15, 0.2) is 5.78 Å². The molecule has 11 nitrogen and oxygen atoms in total. The number of fused-ring (bicyclic) bond motifs is 13. The molecule has 0 fully saturated rings. The lowest BCUT2D eigenvalue weighted by atomic mass is 9.90. The number of hydrogen-bond acceptors (Lipinski definition) is 6. The molecule has 11 heteroatoms. The van der Waals surface area contributed by atoms with Crippen molar-refractivity contribution in [1.29, 1.82) is 0 Å². The van der Waals surface area contributed by atoms with Crippen LogP contribution in [-0.2, 0) is 30.3 Å². The predicted molar refractivity (Wildman–Crippen MR) is 133 cm³/mol. The fraction of sp³-hybridized carbons (Fsp3) is 0.480. The Balaban J connectivity index is 2.34. The molecule has 1 aromatic rings. The molecule has 2 aliphatic rings.